The number of nitrogens with zero attached hydrogens (tertiary/aromatic N) is 4. The number of aromatic nitrogens is 2. The van der Waals surface area contributed by atoms with E-state index in [1.807, 2.05) is 29.2 Å². The van der Waals surface area contributed by atoms with Gasteiger partial charge in [0.1, 0.15) is 27.1 Å². The van der Waals surface area contributed by atoms with Gasteiger partial charge in [-0.2, -0.15) is 0 Å². The third-order valence-electron chi connectivity index (χ3n) is 7.08. The first kappa shape index (κ1) is 24.0. The fourth-order valence-corrected chi connectivity index (χ4v) is 6.67. The molecule has 2 aromatic carbocycles. The molecule has 4 aromatic rings. The summed E-state index contributed by atoms with van der Waals surface area (Å²) < 4.78 is 40.0. The van der Waals surface area contributed by atoms with Crippen LogP contribution < -0.4 is 15.1 Å². The molecule has 0 saturated carbocycles. The van der Waals surface area contributed by atoms with Crippen molar-refractivity contribution < 1.29 is 17.6 Å². The predicted octanol–water partition coefficient (Wildman–Crippen LogP) is 3.41. The van der Waals surface area contributed by atoms with E-state index in [2.05, 4.69) is 15.3 Å². The average molecular weight is 540 g/mol. The number of likely N-dealkylation sites (N-methyl/N-ethyl adjacent to an activating group) is 1. The third-order valence-corrected chi connectivity index (χ3v) is 8.40. The zero-order valence-electron chi connectivity index (χ0n) is 20.1. The van der Waals surface area contributed by atoms with E-state index in [1.165, 1.54) is 17.4 Å². The van der Waals surface area contributed by atoms with Crippen LogP contribution in [0.15, 0.2) is 48.8 Å². The van der Waals surface area contributed by atoms with Crippen LogP contribution in [0.2, 0.25) is 5.02 Å². The summed E-state index contributed by atoms with van der Waals surface area (Å²) in [5.41, 5.74) is 1.95. The maximum absolute atomic E-state index is 16.1. The first-order valence-electron chi connectivity index (χ1n) is 11.7. The number of rotatable bonds is 3. The van der Waals surface area contributed by atoms with Gasteiger partial charge in [0.2, 0.25) is 0 Å². The van der Waals surface area contributed by atoms with Gasteiger partial charge in [0.15, 0.2) is 5.82 Å². The topological polar surface area (TPSA) is 95.5 Å². The van der Waals surface area contributed by atoms with Crippen LogP contribution >= 0.6 is 11.6 Å². The highest BCUT2D eigenvalue weighted by Gasteiger charge is 2.42. The van der Waals surface area contributed by atoms with Crippen molar-refractivity contribution in [3.8, 4) is 11.3 Å². The van der Waals surface area contributed by atoms with Gasteiger partial charge in [0.05, 0.1) is 23.3 Å². The van der Waals surface area contributed by atoms with Crippen LogP contribution in [0.4, 0.5) is 15.8 Å². The summed E-state index contributed by atoms with van der Waals surface area (Å²) in [7, 11) is -1.59. The molecule has 11 heteroatoms. The number of hydrogen-bond donors (Lipinski definition) is 1. The molecule has 1 saturated heterocycles. The van der Waals surface area contributed by atoms with Gasteiger partial charge < -0.3 is 15.1 Å². The average Bonchev–Trinajstić information content (AvgIpc) is 2.86. The molecular weight excluding hydrogens is 517 g/mol. The Balaban J connectivity index is 1.54. The molecule has 8 nitrogen and oxygen atoms in total. The van der Waals surface area contributed by atoms with Crippen LogP contribution in [0.5, 0.6) is 0 Å². The molecule has 37 heavy (non-hydrogen) atoms. The van der Waals surface area contributed by atoms with Crippen molar-refractivity contribution >= 4 is 60.4 Å². The zero-order valence-corrected chi connectivity index (χ0v) is 21.6. The highest BCUT2D eigenvalue weighted by molar-refractivity contribution is 7.90. The number of fused-ring (bicyclic) bond motifs is 6. The van der Waals surface area contributed by atoms with E-state index in [9.17, 15) is 13.2 Å². The van der Waals surface area contributed by atoms with Gasteiger partial charge in [-0.25, -0.2) is 12.8 Å². The fraction of sp³-hybridized carbons (Fsp3) is 0.269. The molecule has 2 aliphatic heterocycles. The number of amides is 1. The highest BCUT2D eigenvalue weighted by atomic mass is 35.5. The maximum Gasteiger partial charge on any atom is 0.250 e. The van der Waals surface area contributed by atoms with E-state index >= 15 is 4.39 Å². The van der Waals surface area contributed by atoms with E-state index in [1.54, 1.807) is 25.4 Å². The molecule has 2 aromatic heterocycles. The highest BCUT2D eigenvalue weighted by Crippen LogP contribution is 2.43. The van der Waals surface area contributed by atoms with Gasteiger partial charge in [0.25, 0.3) is 5.91 Å². The molecule has 4 heterocycles. The van der Waals surface area contributed by atoms with Gasteiger partial charge in [-0.15, -0.1) is 0 Å². The number of sulfone groups is 1. The minimum absolute atomic E-state index is 0.0722. The number of carbonyl (C=O) groups excluding carboxylic acids is 1. The summed E-state index contributed by atoms with van der Waals surface area (Å²) in [4.78, 5) is 25.4. The second-order valence-corrected chi connectivity index (χ2v) is 12.2. The quantitative estimate of drug-likeness (QED) is 0.426. The lowest BCUT2D eigenvalue weighted by atomic mass is 9.98. The molecule has 2 atom stereocenters. The van der Waals surface area contributed by atoms with Crippen LogP contribution in [0.25, 0.3) is 32.9 Å². The van der Waals surface area contributed by atoms with Crippen molar-refractivity contribution in [2.45, 2.75) is 12.1 Å². The van der Waals surface area contributed by atoms with Crippen LogP contribution in [0.3, 0.4) is 0 Å². The lowest BCUT2D eigenvalue weighted by Crippen LogP contribution is -2.65. The Morgan fingerprint density at radius 1 is 1.16 bits per heavy atom. The van der Waals surface area contributed by atoms with Gasteiger partial charge in [-0.3, -0.25) is 14.8 Å². The number of pyridine rings is 2. The molecule has 0 radical (unpaired) electrons. The number of nitrogens with one attached hydrogen (secondary N) is 1. The Morgan fingerprint density at radius 3 is 2.68 bits per heavy atom. The van der Waals surface area contributed by atoms with Crippen molar-refractivity contribution in [2.75, 3.05) is 41.9 Å². The summed E-state index contributed by atoms with van der Waals surface area (Å²) in [6, 6.07) is 10.1. The standard InChI is InChI=1S/C26H23ClFN5O3S/c1-32-19-10-31-24-17(25(19)33-12-15(13-37(2,35)36)29-11-20(33)26(32)34)9-30-23(22(24)28)16-7-3-5-14-6-4-8-18(27)21(14)16/h3-10,15,20,29H,11-13H2,1-2H3. The fourth-order valence-electron chi connectivity index (χ4n) is 5.43. The Labute approximate surface area is 218 Å². The Bertz CT molecular complexity index is 1710. The molecule has 1 fully saturated rings. The van der Waals surface area contributed by atoms with Crippen molar-refractivity contribution in [2.24, 2.45) is 0 Å². The number of carbonyl (C=O) groups is 1. The zero-order chi connectivity index (χ0) is 26.1. The van der Waals surface area contributed by atoms with E-state index in [0.29, 0.717) is 32.7 Å². The normalized spacial score (nSPS) is 19.8. The molecule has 0 bridgehead atoms. The summed E-state index contributed by atoms with van der Waals surface area (Å²) in [5.74, 6) is -0.807. The predicted molar refractivity (Wildman–Crippen MR) is 143 cm³/mol. The van der Waals surface area contributed by atoms with Gasteiger partial charge >= 0.3 is 0 Å². The molecule has 2 aliphatic rings. The number of piperazine rings is 1. The smallest absolute Gasteiger partial charge is 0.250 e. The lowest BCUT2D eigenvalue weighted by molar-refractivity contribution is -0.120. The summed E-state index contributed by atoms with van der Waals surface area (Å²) in [6.07, 6.45) is 4.25. The summed E-state index contributed by atoms with van der Waals surface area (Å²) in [6.45, 7) is 0.543. The SMILES string of the molecule is CN1C(=O)C2CNC(CS(C)(=O)=O)CN2c2c1cnc1c(F)c(-c3cccc4cccc(Cl)c34)ncc21. The van der Waals surface area contributed by atoms with E-state index in [-0.39, 0.29) is 42.0 Å². The second-order valence-electron chi connectivity index (χ2n) is 9.58. The van der Waals surface area contributed by atoms with Gasteiger partial charge in [0, 0.05) is 60.0 Å². The molecule has 2 unspecified atom stereocenters. The van der Waals surface area contributed by atoms with E-state index in [4.69, 9.17) is 11.6 Å². The van der Waals surface area contributed by atoms with E-state index in [0.717, 1.165) is 5.39 Å². The molecule has 190 valence electrons. The molecule has 0 aliphatic carbocycles. The van der Waals surface area contributed by atoms with Crippen LogP contribution in [0, 0.1) is 5.82 Å². The molecule has 1 amide bonds. The Kier molecular flexibility index (Phi) is 5.59. The van der Waals surface area contributed by atoms with Crippen molar-refractivity contribution in [1.82, 2.24) is 15.3 Å². The van der Waals surface area contributed by atoms with Crippen molar-refractivity contribution in [1.29, 1.82) is 0 Å². The summed E-state index contributed by atoms with van der Waals surface area (Å²) in [5, 5.41) is 5.70. The van der Waals surface area contributed by atoms with Gasteiger partial charge in [-0.05, 0) is 11.5 Å². The van der Waals surface area contributed by atoms with E-state index < -0.39 is 21.7 Å². The monoisotopic (exact) mass is 539 g/mol. The van der Waals surface area contributed by atoms with Crippen molar-refractivity contribution in [3.05, 3.63) is 59.6 Å². The number of hydrogen-bond acceptors (Lipinski definition) is 7. The Morgan fingerprint density at radius 2 is 1.92 bits per heavy atom. The minimum Gasteiger partial charge on any atom is -0.355 e. The largest absolute Gasteiger partial charge is 0.355 e. The number of benzene rings is 2. The second kappa shape index (κ2) is 8.61. The molecular formula is C26H23ClFN5O3S. The first-order chi connectivity index (χ1) is 17.6. The van der Waals surface area contributed by atoms with Crippen molar-refractivity contribution in [3.63, 3.8) is 0 Å². The summed E-state index contributed by atoms with van der Waals surface area (Å²) >= 11 is 6.48. The minimum atomic E-state index is -3.25. The third kappa shape index (κ3) is 3.91. The molecule has 0 spiro atoms. The Hall–Kier alpha value is -3.34. The number of anilines is 2. The van der Waals surface area contributed by atoms with Crippen LogP contribution in [-0.2, 0) is 14.6 Å². The maximum atomic E-state index is 16.1. The lowest BCUT2D eigenvalue weighted by Gasteiger charge is -2.47. The molecule has 1 N–H and O–H groups in total. The first-order valence-corrected chi connectivity index (χ1v) is 14.2. The van der Waals surface area contributed by atoms with Crippen LogP contribution in [-0.4, -0.2) is 68.5 Å². The van der Waals surface area contributed by atoms with Crippen LogP contribution in [0.1, 0.15) is 0 Å². The number of halogens is 2. The van der Waals surface area contributed by atoms with Gasteiger partial charge in [-0.1, -0.05) is 41.9 Å². The molecule has 6 rings (SSSR count).